The molecule has 1 aliphatic rings. The third-order valence-corrected chi connectivity index (χ3v) is 5.50. The fourth-order valence-electron chi connectivity index (χ4n) is 3.47. The van der Waals surface area contributed by atoms with Crippen molar-refractivity contribution in [2.75, 3.05) is 44.3 Å². The Kier molecular flexibility index (Phi) is 7.33. The summed E-state index contributed by atoms with van der Waals surface area (Å²) in [7, 11) is 0. The first-order chi connectivity index (χ1) is 14.4. The van der Waals surface area contributed by atoms with Crippen LogP contribution in [0.4, 0.5) is 5.69 Å². The zero-order chi connectivity index (χ0) is 21.5. The quantitative estimate of drug-likeness (QED) is 0.656. The van der Waals surface area contributed by atoms with E-state index in [9.17, 15) is 9.59 Å². The molecule has 6 heteroatoms. The molecule has 0 N–H and O–H groups in total. The number of amides is 1. The number of ether oxygens (including phenoxy) is 2. The van der Waals surface area contributed by atoms with E-state index in [1.165, 1.54) is 16.8 Å². The summed E-state index contributed by atoms with van der Waals surface area (Å²) in [6.07, 6.45) is 0.113. The largest absolute Gasteiger partial charge is 0.493 e. The summed E-state index contributed by atoms with van der Waals surface area (Å²) in [6.45, 7) is 9.05. The minimum absolute atomic E-state index is 0.113. The third kappa shape index (κ3) is 5.75. The van der Waals surface area contributed by atoms with Gasteiger partial charge in [-0.05, 0) is 50.1 Å². The van der Waals surface area contributed by atoms with Crippen LogP contribution in [0.1, 0.15) is 23.1 Å². The summed E-state index contributed by atoms with van der Waals surface area (Å²) in [5, 5.41) is 0. The highest BCUT2D eigenvalue weighted by Crippen LogP contribution is 2.23. The van der Waals surface area contributed by atoms with Gasteiger partial charge >= 0.3 is 5.97 Å². The van der Waals surface area contributed by atoms with Crippen LogP contribution in [-0.2, 0) is 14.3 Å². The predicted octanol–water partition coefficient (Wildman–Crippen LogP) is 3.27. The molecule has 1 saturated heterocycles. The van der Waals surface area contributed by atoms with E-state index in [4.69, 9.17) is 9.47 Å². The lowest BCUT2D eigenvalue weighted by Gasteiger charge is -2.37. The van der Waals surface area contributed by atoms with Crippen molar-refractivity contribution in [3.63, 3.8) is 0 Å². The van der Waals surface area contributed by atoms with E-state index in [1.807, 2.05) is 31.2 Å². The number of hydrogen-bond acceptors (Lipinski definition) is 5. The topological polar surface area (TPSA) is 59.1 Å². The van der Waals surface area contributed by atoms with Gasteiger partial charge in [-0.3, -0.25) is 9.59 Å². The van der Waals surface area contributed by atoms with Crippen LogP contribution in [0.3, 0.4) is 0 Å². The number of aryl methyl sites for hydroxylation is 2. The van der Waals surface area contributed by atoms with Crippen molar-refractivity contribution in [1.82, 2.24) is 4.90 Å². The van der Waals surface area contributed by atoms with Crippen LogP contribution in [0, 0.1) is 20.8 Å². The Morgan fingerprint density at radius 3 is 2.33 bits per heavy atom. The monoisotopic (exact) mass is 410 g/mol. The van der Waals surface area contributed by atoms with E-state index >= 15 is 0 Å². The molecule has 0 atom stereocenters. The second-order valence-corrected chi connectivity index (χ2v) is 7.66. The molecule has 0 bridgehead atoms. The number of carbonyl (C=O) groups excluding carboxylic acids is 2. The maximum atomic E-state index is 12.4. The Morgan fingerprint density at radius 1 is 0.933 bits per heavy atom. The molecule has 30 heavy (non-hydrogen) atoms. The summed E-state index contributed by atoms with van der Waals surface area (Å²) >= 11 is 0. The van der Waals surface area contributed by atoms with Gasteiger partial charge in [-0.25, -0.2) is 0 Å². The van der Waals surface area contributed by atoms with Crippen molar-refractivity contribution >= 4 is 17.6 Å². The Morgan fingerprint density at radius 2 is 1.63 bits per heavy atom. The van der Waals surface area contributed by atoms with Crippen molar-refractivity contribution in [2.45, 2.75) is 27.2 Å². The number of carbonyl (C=O) groups is 2. The van der Waals surface area contributed by atoms with Gasteiger partial charge in [-0.1, -0.05) is 29.8 Å². The number of anilines is 1. The molecule has 2 aromatic rings. The van der Waals surface area contributed by atoms with Crippen LogP contribution in [0.5, 0.6) is 5.75 Å². The van der Waals surface area contributed by atoms with Crippen LogP contribution < -0.4 is 9.64 Å². The Bertz CT molecular complexity index is 871. The van der Waals surface area contributed by atoms with Crippen molar-refractivity contribution in [3.05, 3.63) is 59.2 Å². The first-order valence-electron chi connectivity index (χ1n) is 10.4. The highest BCUT2D eigenvalue weighted by atomic mass is 16.5. The first-order valence-corrected chi connectivity index (χ1v) is 10.4. The zero-order valence-electron chi connectivity index (χ0n) is 18.0. The number of nitrogens with zero attached hydrogens (tertiary/aromatic N) is 2. The molecule has 1 fully saturated rings. The standard InChI is InChI=1S/C24H30N2O4/c1-18-7-9-21(10-8-18)29-16-11-24(28)30-17-23(27)26-14-12-25(13-15-26)22-6-4-5-19(2)20(22)3/h4-10H,11-17H2,1-3H3. The van der Waals surface area contributed by atoms with Crippen molar-refractivity contribution in [3.8, 4) is 5.75 Å². The zero-order valence-corrected chi connectivity index (χ0v) is 18.0. The van der Waals surface area contributed by atoms with Crippen LogP contribution >= 0.6 is 0 Å². The van der Waals surface area contributed by atoms with E-state index in [1.54, 1.807) is 4.90 Å². The molecule has 0 aromatic heterocycles. The van der Waals surface area contributed by atoms with Gasteiger partial charge in [0.25, 0.3) is 5.91 Å². The van der Waals surface area contributed by atoms with E-state index < -0.39 is 5.97 Å². The minimum atomic E-state index is -0.426. The van der Waals surface area contributed by atoms with Crippen LogP contribution in [-0.4, -0.2) is 56.2 Å². The summed E-state index contributed by atoms with van der Waals surface area (Å²) in [6, 6.07) is 13.9. The first kappa shape index (κ1) is 21.7. The van der Waals surface area contributed by atoms with Crippen LogP contribution in [0.2, 0.25) is 0 Å². The summed E-state index contributed by atoms with van der Waals surface area (Å²) in [5.74, 6) is 0.138. The molecule has 6 nitrogen and oxygen atoms in total. The molecule has 1 amide bonds. The smallest absolute Gasteiger partial charge is 0.309 e. The number of piperazine rings is 1. The summed E-state index contributed by atoms with van der Waals surface area (Å²) in [4.78, 5) is 28.4. The van der Waals surface area contributed by atoms with E-state index in [0.29, 0.717) is 18.8 Å². The average molecular weight is 411 g/mol. The molecule has 1 heterocycles. The maximum absolute atomic E-state index is 12.4. The molecule has 0 radical (unpaired) electrons. The van der Waals surface area contributed by atoms with Gasteiger partial charge in [0.1, 0.15) is 5.75 Å². The molecule has 2 aromatic carbocycles. The van der Waals surface area contributed by atoms with Gasteiger partial charge < -0.3 is 19.3 Å². The average Bonchev–Trinajstić information content (AvgIpc) is 2.75. The van der Waals surface area contributed by atoms with Gasteiger partial charge in [-0.15, -0.1) is 0 Å². The Balaban J connectivity index is 1.36. The van der Waals surface area contributed by atoms with Crippen LogP contribution in [0.25, 0.3) is 0 Å². The Labute approximate surface area is 178 Å². The molecule has 160 valence electrons. The van der Waals surface area contributed by atoms with Gasteiger partial charge in [0.15, 0.2) is 6.61 Å². The van der Waals surface area contributed by atoms with E-state index in [2.05, 4.69) is 36.9 Å². The van der Waals surface area contributed by atoms with E-state index in [-0.39, 0.29) is 25.5 Å². The lowest BCUT2D eigenvalue weighted by Crippen LogP contribution is -2.50. The highest BCUT2D eigenvalue weighted by Gasteiger charge is 2.23. The molecular weight excluding hydrogens is 380 g/mol. The Hall–Kier alpha value is -3.02. The van der Waals surface area contributed by atoms with Crippen molar-refractivity contribution in [1.29, 1.82) is 0 Å². The second kappa shape index (κ2) is 10.1. The number of rotatable bonds is 7. The minimum Gasteiger partial charge on any atom is -0.493 e. The number of benzene rings is 2. The summed E-state index contributed by atoms with van der Waals surface area (Å²) < 4.78 is 10.7. The lowest BCUT2D eigenvalue weighted by atomic mass is 10.1. The van der Waals surface area contributed by atoms with Crippen LogP contribution in [0.15, 0.2) is 42.5 Å². The van der Waals surface area contributed by atoms with Gasteiger partial charge in [0.05, 0.1) is 13.0 Å². The SMILES string of the molecule is Cc1ccc(OCCC(=O)OCC(=O)N2CCN(c3cccc(C)c3C)CC2)cc1. The van der Waals surface area contributed by atoms with Crippen molar-refractivity contribution < 1.29 is 19.1 Å². The maximum Gasteiger partial charge on any atom is 0.309 e. The predicted molar refractivity (Wildman–Crippen MR) is 117 cm³/mol. The third-order valence-electron chi connectivity index (χ3n) is 5.50. The molecule has 0 unspecified atom stereocenters. The highest BCUT2D eigenvalue weighted by molar-refractivity contribution is 5.81. The number of esters is 1. The molecule has 0 aliphatic carbocycles. The van der Waals surface area contributed by atoms with E-state index in [0.717, 1.165) is 18.7 Å². The molecule has 0 saturated carbocycles. The molecule has 1 aliphatic heterocycles. The normalized spacial score (nSPS) is 13.8. The molecule has 0 spiro atoms. The molecular formula is C24H30N2O4. The van der Waals surface area contributed by atoms with Gasteiger partial charge in [0.2, 0.25) is 0 Å². The van der Waals surface area contributed by atoms with Gasteiger partial charge in [0, 0.05) is 31.9 Å². The number of hydrogen-bond donors (Lipinski definition) is 0. The fraction of sp³-hybridized carbons (Fsp3) is 0.417. The van der Waals surface area contributed by atoms with Crippen molar-refractivity contribution in [2.24, 2.45) is 0 Å². The van der Waals surface area contributed by atoms with Gasteiger partial charge in [-0.2, -0.15) is 0 Å². The lowest BCUT2D eigenvalue weighted by molar-refractivity contribution is -0.152. The fourth-order valence-corrected chi connectivity index (χ4v) is 3.47. The second-order valence-electron chi connectivity index (χ2n) is 7.66. The molecule has 3 rings (SSSR count). The summed E-state index contributed by atoms with van der Waals surface area (Å²) in [5.41, 5.74) is 4.92.